The summed E-state index contributed by atoms with van der Waals surface area (Å²) >= 11 is 0. The lowest BCUT2D eigenvalue weighted by molar-refractivity contribution is 0.0708. The Morgan fingerprint density at radius 2 is 1.62 bits per heavy atom. The molecule has 1 aromatic rings. The highest BCUT2D eigenvalue weighted by molar-refractivity contribution is 5.94. The van der Waals surface area contributed by atoms with E-state index in [0.29, 0.717) is 19.0 Å². The normalized spacial score (nSPS) is 15.7. The predicted molar refractivity (Wildman–Crippen MR) is 96.3 cm³/mol. The zero-order chi connectivity index (χ0) is 17.7. The first kappa shape index (κ1) is 18.3. The van der Waals surface area contributed by atoms with E-state index in [4.69, 9.17) is 0 Å². The van der Waals surface area contributed by atoms with Gasteiger partial charge in [-0.25, -0.2) is 4.79 Å². The highest BCUT2D eigenvalue weighted by Gasteiger charge is 2.24. The van der Waals surface area contributed by atoms with Gasteiger partial charge in [0.15, 0.2) is 0 Å². The second-order valence-electron chi connectivity index (χ2n) is 7.12. The number of rotatable bonds is 4. The molecule has 1 aliphatic rings. The molecule has 132 valence electrons. The number of hydrogen-bond donors (Lipinski definition) is 2. The number of carbonyl (C=O) groups is 2. The number of piperidine rings is 1. The van der Waals surface area contributed by atoms with Crippen molar-refractivity contribution in [2.75, 3.05) is 13.1 Å². The molecule has 3 amide bonds. The minimum Gasteiger partial charge on any atom is -0.338 e. The Morgan fingerprint density at radius 1 is 1.04 bits per heavy atom. The number of nitrogens with zero attached hydrogens (tertiary/aromatic N) is 1. The molecule has 1 fully saturated rings. The van der Waals surface area contributed by atoms with Crippen LogP contribution in [-0.2, 0) is 0 Å². The highest BCUT2D eigenvalue weighted by atomic mass is 16.2. The summed E-state index contributed by atoms with van der Waals surface area (Å²) in [7, 11) is 0. The van der Waals surface area contributed by atoms with Crippen LogP contribution in [0.4, 0.5) is 4.79 Å². The van der Waals surface area contributed by atoms with Crippen molar-refractivity contribution in [1.82, 2.24) is 15.5 Å². The fraction of sp³-hybridized carbons (Fsp3) is 0.579. The van der Waals surface area contributed by atoms with Crippen LogP contribution in [-0.4, -0.2) is 42.0 Å². The summed E-state index contributed by atoms with van der Waals surface area (Å²) in [4.78, 5) is 26.2. The Bertz CT molecular complexity index is 558. The van der Waals surface area contributed by atoms with E-state index in [2.05, 4.69) is 24.5 Å². The Balaban J connectivity index is 1.85. The smallest absolute Gasteiger partial charge is 0.315 e. The van der Waals surface area contributed by atoms with Crippen LogP contribution in [0.25, 0.3) is 0 Å². The molecule has 2 rings (SSSR count). The Kier molecular flexibility index (Phi) is 6.23. The summed E-state index contributed by atoms with van der Waals surface area (Å²) in [5.41, 5.74) is 1.98. The van der Waals surface area contributed by atoms with Crippen LogP contribution in [0.2, 0.25) is 0 Å². The third-order valence-corrected chi connectivity index (χ3v) is 4.36. The first-order valence-electron chi connectivity index (χ1n) is 8.83. The van der Waals surface area contributed by atoms with E-state index < -0.39 is 0 Å². The molecule has 1 heterocycles. The maximum Gasteiger partial charge on any atom is 0.315 e. The Labute approximate surface area is 144 Å². The molecule has 5 heteroatoms. The van der Waals surface area contributed by atoms with Crippen LogP contribution in [0.3, 0.4) is 0 Å². The minimum atomic E-state index is -0.126. The van der Waals surface area contributed by atoms with E-state index in [9.17, 15) is 9.59 Å². The van der Waals surface area contributed by atoms with Gasteiger partial charge in [-0.05, 0) is 50.3 Å². The number of likely N-dealkylation sites (tertiary alicyclic amines) is 1. The van der Waals surface area contributed by atoms with Gasteiger partial charge in [-0.2, -0.15) is 0 Å². The average Bonchev–Trinajstić information content (AvgIpc) is 2.54. The Morgan fingerprint density at radius 3 is 2.12 bits per heavy atom. The van der Waals surface area contributed by atoms with Gasteiger partial charge in [-0.3, -0.25) is 4.79 Å². The van der Waals surface area contributed by atoms with Gasteiger partial charge in [0, 0.05) is 30.7 Å². The molecule has 0 aliphatic carbocycles. The van der Waals surface area contributed by atoms with Crippen LogP contribution in [0.1, 0.15) is 62.4 Å². The maximum absolute atomic E-state index is 12.6. The van der Waals surface area contributed by atoms with Gasteiger partial charge in [-0.15, -0.1) is 0 Å². The largest absolute Gasteiger partial charge is 0.338 e. The first-order chi connectivity index (χ1) is 11.4. The van der Waals surface area contributed by atoms with Gasteiger partial charge in [0.2, 0.25) is 0 Å². The van der Waals surface area contributed by atoms with Crippen molar-refractivity contribution in [3.63, 3.8) is 0 Å². The summed E-state index contributed by atoms with van der Waals surface area (Å²) in [6.07, 6.45) is 1.59. The van der Waals surface area contributed by atoms with Gasteiger partial charge in [-0.1, -0.05) is 26.0 Å². The summed E-state index contributed by atoms with van der Waals surface area (Å²) in [6.45, 7) is 9.51. The Hall–Kier alpha value is -2.04. The lowest BCUT2D eigenvalue weighted by Crippen LogP contribution is -2.50. The fourth-order valence-electron chi connectivity index (χ4n) is 2.91. The van der Waals surface area contributed by atoms with Crippen LogP contribution in [0, 0.1) is 0 Å². The van der Waals surface area contributed by atoms with Crippen molar-refractivity contribution in [2.45, 2.75) is 58.5 Å². The van der Waals surface area contributed by atoms with Crippen LogP contribution in [0.5, 0.6) is 0 Å². The molecule has 1 saturated heterocycles. The maximum atomic E-state index is 12.6. The standard InChI is InChI=1S/C19H29N3O2/c1-13(2)15-5-7-16(8-6-15)18(23)22-11-9-17(10-12-22)21-19(24)20-14(3)4/h5-8,13-14,17H,9-12H2,1-4H3,(H2,20,21,24). The number of carbonyl (C=O) groups excluding carboxylic acids is 2. The molecule has 0 spiro atoms. The lowest BCUT2D eigenvalue weighted by atomic mass is 10.0. The van der Waals surface area contributed by atoms with Gasteiger partial charge in [0.1, 0.15) is 0 Å². The van der Waals surface area contributed by atoms with Crippen molar-refractivity contribution < 1.29 is 9.59 Å². The molecule has 0 atom stereocenters. The molecule has 0 saturated carbocycles. The quantitative estimate of drug-likeness (QED) is 0.890. The molecule has 2 N–H and O–H groups in total. The number of amides is 3. The molecule has 5 nitrogen and oxygen atoms in total. The molecule has 0 unspecified atom stereocenters. The molecule has 0 aromatic heterocycles. The van der Waals surface area contributed by atoms with Crippen molar-refractivity contribution in [3.8, 4) is 0 Å². The van der Waals surface area contributed by atoms with Crippen LogP contribution >= 0.6 is 0 Å². The zero-order valence-corrected chi connectivity index (χ0v) is 15.1. The number of nitrogens with one attached hydrogen (secondary N) is 2. The van der Waals surface area contributed by atoms with Gasteiger partial charge in [0.25, 0.3) is 5.91 Å². The minimum absolute atomic E-state index is 0.0791. The van der Waals surface area contributed by atoms with E-state index in [0.717, 1.165) is 18.4 Å². The summed E-state index contributed by atoms with van der Waals surface area (Å²) < 4.78 is 0. The number of benzene rings is 1. The summed E-state index contributed by atoms with van der Waals surface area (Å²) in [5, 5.41) is 5.81. The van der Waals surface area contributed by atoms with Crippen LogP contribution in [0.15, 0.2) is 24.3 Å². The van der Waals surface area contributed by atoms with Crippen LogP contribution < -0.4 is 10.6 Å². The lowest BCUT2D eigenvalue weighted by Gasteiger charge is -2.32. The van der Waals surface area contributed by atoms with Gasteiger partial charge < -0.3 is 15.5 Å². The summed E-state index contributed by atoms with van der Waals surface area (Å²) in [5.74, 6) is 0.545. The molecule has 1 aliphatic heterocycles. The van der Waals surface area contributed by atoms with E-state index in [1.807, 2.05) is 43.0 Å². The zero-order valence-electron chi connectivity index (χ0n) is 15.1. The third-order valence-electron chi connectivity index (χ3n) is 4.36. The second kappa shape index (κ2) is 8.18. The van der Waals surface area contributed by atoms with E-state index >= 15 is 0 Å². The van der Waals surface area contributed by atoms with E-state index in [-0.39, 0.29) is 24.0 Å². The SMILES string of the molecule is CC(C)NC(=O)NC1CCN(C(=O)c2ccc(C(C)C)cc2)CC1. The van der Waals surface area contributed by atoms with Crippen molar-refractivity contribution >= 4 is 11.9 Å². The topological polar surface area (TPSA) is 61.4 Å². The number of hydrogen-bond acceptors (Lipinski definition) is 2. The molecule has 0 bridgehead atoms. The molecule has 0 radical (unpaired) electrons. The summed E-state index contributed by atoms with van der Waals surface area (Å²) in [6, 6.07) is 8.02. The molecular formula is C19H29N3O2. The highest BCUT2D eigenvalue weighted by Crippen LogP contribution is 2.18. The molecule has 24 heavy (non-hydrogen) atoms. The van der Waals surface area contributed by atoms with Crippen molar-refractivity contribution in [2.24, 2.45) is 0 Å². The van der Waals surface area contributed by atoms with Crippen molar-refractivity contribution in [1.29, 1.82) is 0 Å². The van der Waals surface area contributed by atoms with Gasteiger partial charge >= 0.3 is 6.03 Å². The van der Waals surface area contributed by atoms with Gasteiger partial charge in [0.05, 0.1) is 0 Å². The number of urea groups is 1. The average molecular weight is 331 g/mol. The van der Waals surface area contributed by atoms with E-state index in [1.54, 1.807) is 0 Å². The van der Waals surface area contributed by atoms with E-state index in [1.165, 1.54) is 5.56 Å². The van der Waals surface area contributed by atoms with Crippen molar-refractivity contribution in [3.05, 3.63) is 35.4 Å². The first-order valence-corrected chi connectivity index (χ1v) is 8.83. The molecular weight excluding hydrogens is 302 g/mol. The second-order valence-corrected chi connectivity index (χ2v) is 7.12. The third kappa shape index (κ3) is 4.98. The molecule has 1 aromatic carbocycles. The fourth-order valence-corrected chi connectivity index (χ4v) is 2.91. The predicted octanol–water partition coefficient (Wildman–Crippen LogP) is 3.12. The monoisotopic (exact) mass is 331 g/mol.